The van der Waals surface area contributed by atoms with Crippen LogP contribution in [0.5, 0.6) is 0 Å². The first-order valence-corrected chi connectivity index (χ1v) is 10.4. The Kier molecular flexibility index (Phi) is 12.6. The predicted molar refractivity (Wildman–Crippen MR) is 106 cm³/mol. The van der Waals surface area contributed by atoms with Crippen LogP contribution < -0.4 is 11.1 Å². The molecule has 3 N–H and O–H groups in total. The number of unbranched alkanes of at least 4 members (excludes halogenated alkanes) is 10. The number of nitrogens with zero attached hydrogens (tertiary/aromatic N) is 1. The number of nitrogens with one attached hydrogen (secondary N) is 1. The van der Waals surface area contributed by atoms with Gasteiger partial charge in [0.25, 0.3) is 0 Å². The average molecular weight is 336 g/mol. The minimum Gasteiger partial charge on any atom is -0.370 e. The Labute approximate surface area is 150 Å². The van der Waals surface area contributed by atoms with E-state index in [1.807, 2.05) is 13.1 Å². The molecule has 0 spiro atoms. The molecule has 140 valence electrons. The molecule has 0 amide bonds. The van der Waals surface area contributed by atoms with Crippen molar-refractivity contribution in [3.05, 3.63) is 24.6 Å². The molecule has 0 aromatic rings. The standard InChI is InChI=1S/C21H41N3/c1-3-4-5-6-7-8-9-10-11-12-13-14-15-16-17-21-23-18-19-24(21)20(2)22/h9-10,18-21,23H,3-8,11-17,22H2,1-2H3/b10-9+. The average Bonchev–Trinajstić information content (AvgIpc) is 3.04. The van der Waals surface area contributed by atoms with E-state index in [0.717, 1.165) is 0 Å². The van der Waals surface area contributed by atoms with Crippen LogP contribution in [0.15, 0.2) is 24.6 Å². The Morgan fingerprint density at radius 1 is 0.958 bits per heavy atom. The molecule has 1 aliphatic rings. The summed E-state index contributed by atoms with van der Waals surface area (Å²) in [4.78, 5) is 2.22. The van der Waals surface area contributed by atoms with Crippen LogP contribution in [-0.4, -0.2) is 17.2 Å². The lowest BCUT2D eigenvalue weighted by atomic mass is 10.1. The maximum absolute atomic E-state index is 5.97. The Hall–Kier alpha value is -0.960. The summed E-state index contributed by atoms with van der Waals surface area (Å²) in [5.41, 5.74) is 5.97. The van der Waals surface area contributed by atoms with E-state index in [9.17, 15) is 0 Å². The number of hydrogen-bond acceptors (Lipinski definition) is 3. The van der Waals surface area contributed by atoms with Gasteiger partial charge < -0.3 is 16.0 Å². The fourth-order valence-electron chi connectivity index (χ4n) is 3.31. The first-order chi connectivity index (χ1) is 11.8. The van der Waals surface area contributed by atoms with E-state index in [2.05, 4.69) is 35.5 Å². The van der Waals surface area contributed by atoms with E-state index < -0.39 is 0 Å². The summed E-state index contributed by atoms with van der Waals surface area (Å²) in [6.07, 6.45) is 26.8. The molecule has 0 radical (unpaired) electrons. The number of nitrogens with two attached hydrogens (primary N) is 1. The van der Waals surface area contributed by atoms with Crippen molar-refractivity contribution in [3.8, 4) is 0 Å². The van der Waals surface area contributed by atoms with Gasteiger partial charge >= 0.3 is 0 Å². The summed E-state index contributed by atoms with van der Waals surface area (Å²) in [6, 6.07) is 0. The van der Waals surface area contributed by atoms with Gasteiger partial charge in [-0.25, -0.2) is 0 Å². The molecule has 3 nitrogen and oxygen atoms in total. The summed E-state index contributed by atoms with van der Waals surface area (Å²) < 4.78 is 0. The third kappa shape index (κ3) is 10.0. The van der Waals surface area contributed by atoms with Crippen LogP contribution in [0.25, 0.3) is 0 Å². The highest BCUT2D eigenvalue weighted by Gasteiger charge is 2.20. The van der Waals surface area contributed by atoms with Crippen molar-refractivity contribution in [1.82, 2.24) is 10.2 Å². The van der Waals surface area contributed by atoms with Gasteiger partial charge in [-0.15, -0.1) is 0 Å². The van der Waals surface area contributed by atoms with Gasteiger partial charge in [0.05, 0.1) is 12.3 Å². The van der Waals surface area contributed by atoms with Crippen LogP contribution in [0, 0.1) is 0 Å². The second-order valence-corrected chi connectivity index (χ2v) is 7.21. The van der Waals surface area contributed by atoms with Crippen molar-refractivity contribution in [1.29, 1.82) is 0 Å². The molecule has 2 unspecified atom stereocenters. The molecular weight excluding hydrogens is 294 g/mol. The van der Waals surface area contributed by atoms with Crippen LogP contribution in [0.3, 0.4) is 0 Å². The lowest BCUT2D eigenvalue weighted by Crippen LogP contribution is -2.44. The third-order valence-corrected chi connectivity index (χ3v) is 4.85. The van der Waals surface area contributed by atoms with Crippen molar-refractivity contribution in [2.45, 2.75) is 110 Å². The Morgan fingerprint density at radius 3 is 2.17 bits per heavy atom. The second-order valence-electron chi connectivity index (χ2n) is 7.21. The van der Waals surface area contributed by atoms with Gasteiger partial charge in [0.2, 0.25) is 0 Å². The maximum atomic E-state index is 5.97. The number of rotatable bonds is 15. The molecule has 1 aliphatic heterocycles. The molecule has 0 aromatic carbocycles. The van der Waals surface area contributed by atoms with Crippen molar-refractivity contribution >= 4 is 0 Å². The Morgan fingerprint density at radius 2 is 1.54 bits per heavy atom. The highest BCUT2D eigenvalue weighted by atomic mass is 15.3. The summed E-state index contributed by atoms with van der Waals surface area (Å²) in [7, 11) is 0. The lowest BCUT2D eigenvalue weighted by Gasteiger charge is -2.28. The van der Waals surface area contributed by atoms with E-state index in [4.69, 9.17) is 5.73 Å². The zero-order valence-corrected chi connectivity index (χ0v) is 16.2. The molecule has 0 aliphatic carbocycles. The molecule has 0 aromatic heterocycles. The molecule has 24 heavy (non-hydrogen) atoms. The molecular formula is C21H41N3. The molecule has 3 heteroatoms. The predicted octanol–water partition coefficient (Wildman–Crippen LogP) is 5.64. The molecule has 2 atom stereocenters. The molecule has 1 rings (SSSR count). The zero-order chi connectivity index (χ0) is 17.5. The van der Waals surface area contributed by atoms with Crippen molar-refractivity contribution in [2.24, 2.45) is 5.73 Å². The number of hydrogen-bond donors (Lipinski definition) is 2. The first-order valence-electron chi connectivity index (χ1n) is 10.4. The fraction of sp³-hybridized carbons (Fsp3) is 0.810. The minimum atomic E-state index is 0.0969. The zero-order valence-electron chi connectivity index (χ0n) is 16.2. The topological polar surface area (TPSA) is 41.3 Å². The largest absolute Gasteiger partial charge is 0.370 e. The Balaban J connectivity index is 1.84. The van der Waals surface area contributed by atoms with Gasteiger partial charge in [0, 0.05) is 12.4 Å². The van der Waals surface area contributed by atoms with Crippen molar-refractivity contribution in [3.63, 3.8) is 0 Å². The van der Waals surface area contributed by atoms with E-state index in [-0.39, 0.29) is 6.17 Å². The first kappa shape index (κ1) is 21.1. The molecule has 0 saturated heterocycles. The Bertz CT molecular complexity index is 336. The second kappa shape index (κ2) is 14.4. The van der Waals surface area contributed by atoms with Gasteiger partial charge in [0.1, 0.15) is 0 Å². The van der Waals surface area contributed by atoms with Gasteiger partial charge in [-0.1, -0.05) is 64.0 Å². The summed E-state index contributed by atoms with van der Waals surface area (Å²) in [6.45, 7) is 4.32. The SMILES string of the molecule is CCCCCCC/C=C/CCCCCCCC1NC=CN1C(C)N. The number of allylic oxidation sites excluding steroid dienone is 2. The highest BCUT2D eigenvalue weighted by molar-refractivity contribution is 4.95. The van der Waals surface area contributed by atoms with Crippen LogP contribution in [0.2, 0.25) is 0 Å². The molecule has 0 fully saturated rings. The van der Waals surface area contributed by atoms with Crippen LogP contribution in [-0.2, 0) is 0 Å². The van der Waals surface area contributed by atoms with Gasteiger partial charge in [-0.05, 0) is 45.4 Å². The van der Waals surface area contributed by atoms with Gasteiger partial charge in [0.15, 0.2) is 0 Å². The molecule has 1 heterocycles. The maximum Gasteiger partial charge on any atom is 0.0995 e. The molecule has 0 saturated carbocycles. The summed E-state index contributed by atoms with van der Waals surface area (Å²) in [5, 5.41) is 3.39. The fourth-order valence-corrected chi connectivity index (χ4v) is 3.31. The third-order valence-electron chi connectivity index (χ3n) is 4.85. The quantitative estimate of drug-likeness (QED) is 0.300. The van der Waals surface area contributed by atoms with Crippen molar-refractivity contribution in [2.75, 3.05) is 0 Å². The van der Waals surface area contributed by atoms with Crippen LogP contribution >= 0.6 is 0 Å². The monoisotopic (exact) mass is 335 g/mol. The van der Waals surface area contributed by atoms with E-state index >= 15 is 0 Å². The summed E-state index contributed by atoms with van der Waals surface area (Å²) >= 11 is 0. The lowest BCUT2D eigenvalue weighted by molar-refractivity contribution is 0.208. The molecule has 0 bridgehead atoms. The van der Waals surface area contributed by atoms with Crippen LogP contribution in [0.1, 0.15) is 97.3 Å². The van der Waals surface area contributed by atoms with Gasteiger partial charge in [-0.2, -0.15) is 0 Å². The van der Waals surface area contributed by atoms with Crippen LogP contribution in [0.4, 0.5) is 0 Å². The van der Waals surface area contributed by atoms with E-state index in [1.165, 1.54) is 83.5 Å². The minimum absolute atomic E-state index is 0.0969. The highest BCUT2D eigenvalue weighted by Crippen LogP contribution is 2.15. The van der Waals surface area contributed by atoms with Crippen molar-refractivity contribution < 1.29 is 0 Å². The normalized spacial score (nSPS) is 18.5. The van der Waals surface area contributed by atoms with Gasteiger partial charge in [-0.3, -0.25) is 0 Å². The smallest absolute Gasteiger partial charge is 0.0995 e. The van der Waals surface area contributed by atoms with E-state index in [1.54, 1.807) is 0 Å². The summed E-state index contributed by atoms with van der Waals surface area (Å²) in [5.74, 6) is 0. The van der Waals surface area contributed by atoms with E-state index in [0.29, 0.717) is 6.17 Å².